The molecule has 1 rings (SSSR count). The first-order valence-corrected chi connectivity index (χ1v) is 25.2. The van der Waals surface area contributed by atoms with E-state index in [1.165, 1.54) is 103 Å². The van der Waals surface area contributed by atoms with Gasteiger partial charge in [0, 0.05) is 12.8 Å². The number of hydrogen-bond donors (Lipinski definition) is 4. The molecule has 0 aliphatic carbocycles. The lowest BCUT2D eigenvalue weighted by atomic mass is 9.99. The first-order chi connectivity index (χ1) is 30.7. The third-order valence-electron chi connectivity index (χ3n) is 11.4. The van der Waals surface area contributed by atoms with Crippen LogP contribution in [0.3, 0.4) is 0 Å². The lowest BCUT2D eigenvalue weighted by molar-refractivity contribution is -0.298. The van der Waals surface area contributed by atoms with Gasteiger partial charge in [0.15, 0.2) is 18.5 Å². The molecule has 6 unspecified atom stereocenters. The van der Waals surface area contributed by atoms with Gasteiger partial charge in [-0.15, -0.1) is 0 Å². The third-order valence-corrected chi connectivity index (χ3v) is 11.4. The summed E-state index contributed by atoms with van der Waals surface area (Å²) in [4.78, 5) is 36.9. The summed E-state index contributed by atoms with van der Waals surface area (Å²) < 4.78 is 21.8. The monoisotopic (exact) mass is 891 g/mol. The lowest BCUT2D eigenvalue weighted by Gasteiger charge is -2.38. The van der Waals surface area contributed by atoms with E-state index in [2.05, 4.69) is 62.5 Å². The third kappa shape index (κ3) is 33.3. The van der Waals surface area contributed by atoms with Gasteiger partial charge < -0.3 is 39.4 Å². The average molecular weight is 891 g/mol. The molecule has 1 heterocycles. The van der Waals surface area contributed by atoms with Gasteiger partial charge in [-0.05, 0) is 70.6 Å². The van der Waals surface area contributed by atoms with Gasteiger partial charge >= 0.3 is 17.9 Å². The molecule has 63 heavy (non-hydrogen) atoms. The Bertz CT molecular complexity index is 1230. The zero-order valence-corrected chi connectivity index (χ0v) is 39.6. The number of aliphatic carboxylic acids is 1. The molecule has 0 aromatic rings. The quantitative estimate of drug-likeness (QED) is 0.0261. The average Bonchev–Trinajstić information content (AvgIpc) is 3.27. The zero-order chi connectivity index (χ0) is 46.0. The van der Waals surface area contributed by atoms with E-state index in [0.717, 1.165) is 70.6 Å². The van der Waals surface area contributed by atoms with E-state index in [1.807, 2.05) is 0 Å². The van der Waals surface area contributed by atoms with Crippen molar-refractivity contribution in [2.45, 2.75) is 250 Å². The summed E-state index contributed by atoms with van der Waals surface area (Å²) in [5.41, 5.74) is 0. The van der Waals surface area contributed by atoms with E-state index >= 15 is 0 Å². The van der Waals surface area contributed by atoms with Crippen molar-refractivity contribution in [1.29, 1.82) is 0 Å². The van der Waals surface area contributed by atoms with Crippen LogP contribution in [0.1, 0.15) is 213 Å². The van der Waals surface area contributed by atoms with Crippen molar-refractivity contribution in [1.82, 2.24) is 0 Å². The second kappa shape index (κ2) is 41.8. The van der Waals surface area contributed by atoms with E-state index < -0.39 is 61.3 Å². The number of hydrogen-bond acceptors (Lipinski definition) is 10. The molecule has 0 saturated carbocycles. The van der Waals surface area contributed by atoms with Crippen LogP contribution < -0.4 is 0 Å². The van der Waals surface area contributed by atoms with Crippen molar-refractivity contribution in [2.24, 2.45) is 0 Å². The fourth-order valence-electron chi connectivity index (χ4n) is 7.40. The highest BCUT2D eigenvalue weighted by Crippen LogP contribution is 2.23. The summed E-state index contributed by atoms with van der Waals surface area (Å²) in [7, 11) is 0. The van der Waals surface area contributed by atoms with Crippen LogP contribution in [0.15, 0.2) is 48.6 Å². The number of carboxylic acids is 1. The minimum Gasteiger partial charge on any atom is -0.479 e. The summed E-state index contributed by atoms with van der Waals surface area (Å²) in [5, 5.41) is 39.9. The molecule has 0 aromatic carbocycles. The summed E-state index contributed by atoms with van der Waals surface area (Å²) in [5.74, 6) is -2.46. The number of carbonyl (C=O) groups excluding carboxylic acids is 2. The van der Waals surface area contributed by atoms with E-state index in [-0.39, 0.29) is 19.4 Å². The van der Waals surface area contributed by atoms with Gasteiger partial charge in [-0.25, -0.2) is 4.79 Å². The number of aliphatic hydroxyl groups excluding tert-OH is 3. The van der Waals surface area contributed by atoms with Gasteiger partial charge in [-0.2, -0.15) is 0 Å². The summed E-state index contributed by atoms with van der Waals surface area (Å²) in [6, 6.07) is 0. The number of carbonyl (C=O) groups is 3. The van der Waals surface area contributed by atoms with Gasteiger partial charge in [0.1, 0.15) is 24.9 Å². The van der Waals surface area contributed by atoms with Gasteiger partial charge in [-0.1, -0.05) is 178 Å². The Morgan fingerprint density at radius 1 is 0.492 bits per heavy atom. The zero-order valence-electron chi connectivity index (χ0n) is 39.6. The number of rotatable bonds is 42. The van der Waals surface area contributed by atoms with Crippen LogP contribution in [0.5, 0.6) is 0 Å². The Kier molecular flexibility index (Phi) is 38.6. The Labute approximate surface area is 382 Å². The van der Waals surface area contributed by atoms with E-state index in [4.69, 9.17) is 18.9 Å². The molecule has 11 nitrogen and oxygen atoms in total. The molecule has 6 atom stereocenters. The van der Waals surface area contributed by atoms with E-state index in [0.29, 0.717) is 12.8 Å². The Morgan fingerprint density at radius 2 is 0.905 bits per heavy atom. The minimum atomic E-state index is -1.86. The molecule has 0 radical (unpaired) electrons. The second-order valence-electron chi connectivity index (χ2n) is 17.3. The van der Waals surface area contributed by atoms with Crippen LogP contribution in [0, 0.1) is 0 Å². The van der Waals surface area contributed by atoms with Crippen LogP contribution in [0.4, 0.5) is 0 Å². The van der Waals surface area contributed by atoms with Gasteiger partial charge in [0.2, 0.25) is 0 Å². The molecule has 0 aromatic heterocycles. The first-order valence-electron chi connectivity index (χ1n) is 25.2. The number of aliphatic hydroxyl groups is 3. The SMILES string of the molecule is CCCC/C=C\C/C=C\CCCCCCCC(=O)OC(COC(=O)CCCCCCCCCCCCC/C=C\C/C=C\CCCCCCC)COC1OC(C(=O)O)C(O)C(O)C1O. The van der Waals surface area contributed by atoms with Crippen molar-refractivity contribution < 1.29 is 53.8 Å². The summed E-state index contributed by atoms with van der Waals surface area (Å²) >= 11 is 0. The molecule has 0 spiro atoms. The highest BCUT2D eigenvalue weighted by Gasteiger charge is 2.47. The smallest absolute Gasteiger partial charge is 0.335 e. The molecular formula is C52H90O11. The maximum atomic E-state index is 12.8. The standard InChI is InChI=1S/C52H90O11/c1-3-5-7-9-11-13-15-17-19-20-21-22-23-24-25-26-27-29-30-32-34-36-38-40-45(53)60-42-44(43-61-52-49(57)47(55)48(56)50(63-52)51(58)59)62-46(54)41-39-37-35-33-31-28-18-16-14-12-10-8-6-4-2/h10,12,15-18,20-21,44,47-50,52,55-57H,3-9,11,13-14,19,22-43H2,1-2H3,(H,58,59)/b12-10-,17-15-,18-16-,21-20-. The first kappa shape index (κ1) is 58.2. The van der Waals surface area contributed by atoms with Crippen molar-refractivity contribution in [2.75, 3.05) is 13.2 Å². The van der Waals surface area contributed by atoms with Crippen LogP contribution in [0.25, 0.3) is 0 Å². The summed E-state index contributed by atoms with van der Waals surface area (Å²) in [6.45, 7) is 3.76. The molecule has 1 fully saturated rings. The van der Waals surface area contributed by atoms with Crippen LogP contribution >= 0.6 is 0 Å². The maximum Gasteiger partial charge on any atom is 0.335 e. The van der Waals surface area contributed by atoms with Crippen LogP contribution in [-0.4, -0.2) is 88.4 Å². The van der Waals surface area contributed by atoms with Crippen molar-refractivity contribution >= 4 is 17.9 Å². The number of ether oxygens (including phenoxy) is 4. The van der Waals surface area contributed by atoms with Crippen LogP contribution in [-0.2, 0) is 33.3 Å². The number of allylic oxidation sites excluding steroid dienone is 8. The van der Waals surface area contributed by atoms with Gasteiger partial charge in [0.25, 0.3) is 0 Å². The Morgan fingerprint density at radius 3 is 1.37 bits per heavy atom. The van der Waals surface area contributed by atoms with E-state index in [9.17, 15) is 34.8 Å². The van der Waals surface area contributed by atoms with Crippen molar-refractivity contribution in [3.05, 3.63) is 48.6 Å². The largest absolute Gasteiger partial charge is 0.479 e. The van der Waals surface area contributed by atoms with Crippen LogP contribution in [0.2, 0.25) is 0 Å². The fourth-order valence-corrected chi connectivity index (χ4v) is 7.40. The fraction of sp³-hybridized carbons (Fsp3) is 0.788. The summed E-state index contributed by atoms with van der Waals surface area (Å²) in [6.07, 6.45) is 41.6. The van der Waals surface area contributed by atoms with Crippen molar-refractivity contribution in [3.63, 3.8) is 0 Å². The second-order valence-corrected chi connectivity index (χ2v) is 17.3. The Hall–Kier alpha value is -2.83. The molecule has 1 saturated heterocycles. The molecule has 0 amide bonds. The predicted octanol–water partition coefficient (Wildman–Crippen LogP) is 11.7. The normalized spacial score (nSPS) is 19.8. The predicted molar refractivity (Wildman–Crippen MR) is 252 cm³/mol. The van der Waals surface area contributed by atoms with Gasteiger partial charge in [0.05, 0.1) is 6.61 Å². The Balaban J connectivity index is 2.28. The number of unbranched alkanes of at least 4 members (excludes halogenated alkanes) is 23. The molecule has 364 valence electrons. The minimum absolute atomic E-state index is 0.166. The molecule has 1 aliphatic heterocycles. The number of esters is 2. The van der Waals surface area contributed by atoms with E-state index in [1.54, 1.807) is 0 Å². The topological polar surface area (TPSA) is 169 Å². The molecule has 0 bridgehead atoms. The maximum absolute atomic E-state index is 12.8. The van der Waals surface area contributed by atoms with Crippen molar-refractivity contribution in [3.8, 4) is 0 Å². The molecule has 4 N–H and O–H groups in total. The highest BCUT2D eigenvalue weighted by molar-refractivity contribution is 5.73. The number of carboxylic acid groups (broad SMARTS) is 1. The highest BCUT2D eigenvalue weighted by atomic mass is 16.7. The molecule has 11 heteroatoms. The lowest BCUT2D eigenvalue weighted by Crippen LogP contribution is -2.60. The molecule has 1 aliphatic rings. The van der Waals surface area contributed by atoms with Gasteiger partial charge in [-0.3, -0.25) is 9.59 Å². The molecular weight excluding hydrogens is 801 g/mol.